The molecule has 0 aliphatic rings. The molecule has 42 valence electrons. The van der Waals surface area contributed by atoms with E-state index in [1.807, 2.05) is 0 Å². The smallest absolute Gasteiger partial charge is 0.0515 e. The van der Waals surface area contributed by atoms with Crippen molar-refractivity contribution in [2.75, 3.05) is 4.95 Å². The van der Waals surface area contributed by atoms with E-state index in [4.69, 9.17) is 0 Å². The van der Waals surface area contributed by atoms with Gasteiger partial charge in [0, 0.05) is 0 Å². The fraction of sp³-hybridized carbons (Fsp3) is 1.00. The first kappa shape index (κ1) is 7.70. The van der Waals surface area contributed by atoms with Crippen LogP contribution in [0.4, 0.5) is 0 Å². The molecule has 2 heteroatoms. The van der Waals surface area contributed by atoms with Gasteiger partial charge in [0.15, 0.2) is 0 Å². The molecule has 0 rings (SSSR count). The van der Waals surface area contributed by atoms with Crippen LogP contribution in [0.3, 0.4) is 0 Å². The van der Waals surface area contributed by atoms with Crippen molar-refractivity contribution in [3.8, 4) is 0 Å². The molecule has 0 nitrogen and oxygen atoms in total. The van der Waals surface area contributed by atoms with Crippen molar-refractivity contribution in [3.63, 3.8) is 0 Å². The predicted molar refractivity (Wildman–Crippen MR) is 39.3 cm³/mol. The standard InChI is InChI=1S/C5H11BrSi/c1-2-3-4-7-5-6/h2-5H2,1H3. The van der Waals surface area contributed by atoms with Gasteiger partial charge in [-0.3, -0.25) is 0 Å². The third-order valence-corrected chi connectivity index (χ3v) is 2.89. The van der Waals surface area contributed by atoms with Crippen LogP contribution in [0.15, 0.2) is 0 Å². The lowest BCUT2D eigenvalue weighted by atomic mass is 10.4. The predicted octanol–water partition coefficient (Wildman–Crippen LogP) is 2.26. The van der Waals surface area contributed by atoms with Crippen molar-refractivity contribution in [2.24, 2.45) is 0 Å². The van der Waals surface area contributed by atoms with E-state index in [-0.39, 0.29) is 0 Å². The summed E-state index contributed by atoms with van der Waals surface area (Å²) < 4.78 is 0. The Bertz CT molecular complexity index is 27.3. The van der Waals surface area contributed by atoms with Crippen LogP contribution in [0.5, 0.6) is 0 Å². The Morgan fingerprint density at radius 3 is 2.71 bits per heavy atom. The molecule has 0 aliphatic heterocycles. The van der Waals surface area contributed by atoms with Crippen molar-refractivity contribution >= 4 is 25.4 Å². The Morgan fingerprint density at radius 1 is 1.57 bits per heavy atom. The third kappa shape index (κ3) is 6.70. The second-order valence-corrected chi connectivity index (χ2v) is 4.44. The van der Waals surface area contributed by atoms with Crippen molar-refractivity contribution in [2.45, 2.75) is 25.8 Å². The number of alkyl halides is 1. The summed E-state index contributed by atoms with van der Waals surface area (Å²) in [7, 11) is 1.14. The van der Waals surface area contributed by atoms with Gasteiger partial charge in [0.25, 0.3) is 0 Å². The van der Waals surface area contributed by atoms with E-state index in [2.05, 4.69) is 22.9 Å². The molecule has 0 atom stereocenters. The number of hydrogen-bond acceptors (Lipinski definition) is 0. The number of unbranched alkanes of at least 4 members (excludes halogenated alkanes) is 1. The highest BCUT2D eigenvalue weighted by molar-refractivity contribution is 9.09. The van der Waals surface area contributed by atoms with Gasteiger partial charge in [0.2, 0.25) is 0 Å². The second-order valence-electron chi connectivity index (χ2n) is 1.49. The molecule has 0 unspecified atom stereocenters. The van der Waals surface area contributed by atoms with E-state index >= 15 is 0 Å². The van der Waals surface area contributed by atoms with Crippen LogP contribution < -0.4 is 0 Å². The molecule has 0 spiro atoms. The maximum Gasteiger partial charge on any atom is 0.0515 e. The molecule has 0 N–H and O–H groups in total. The lowest BCUT2D eigenvalue weighted by Crippen LogP contribution is -1.88. The van der Waals surface area contributed by atoms with Crippen molar-refractivity contribution < 1.29 is 0 Å². The normalized spacial score (nSPS) is 9.43. The average Bonchev–Trinajstić information content (AvgIpc) is 1.69. The van der Waals surface area contributed by atoms with Gasteiger partial charge in [0.1, 0.15) is 0 Å². The maximum atomic E-state index is 3.39. The highest BCUT2D eigenvalue weighted by Crippen LogP contribution is 1.93. The Kier molecular flexibility index (Phi) is 7.36. The molecule has 0 saturated carbocycles. The highest BCUT2D eigenvalue weighted by Gasteiger charge is 1.82. The van der Waals surface area contributed by atoms with Gasteiger partial charge < -0.3 is 0 Å². The van der Waals surface area contributed by atoms with Crippen molar-refractivity contribution in [3.05, 3.63) is 0 Å². The van der Waals surface area contributed by atoms with Gasteiger partial charge in [-0.2, -0.15) is 0 Å². The molecule has 0 bridgehead atoms. The summed E-state index contributed by atoms with van der Waals surface area (Å²) in [6, 6.07) is 1.42. The maximum absolute atomic E-state index is 3.39. The lowest BCUT2D eigenvalue weighted by Gasteiger charge is -1.88. The molecular weight excluding hydrogens is 168 g/mol. The van der Waals surface area contributed by atoms with E-state index < -0.39 is 0 Å². The van der Waals surface area contributed by atoms with Crippen molar-refractivity contribution in [1.82, 2.24) is 0 Å². The first-order valence-electron chi connectivity index (χ1n) is 2.68. The fourth-order valence-electron chi connectivity index (χ4n) is 0.369. The van der Waals surface area contributed by atoms with Crippen LogP contribution in [0.2, 0.25) is 6.04 Å². The van der Waals surface area contributed by atoms with Gasteiger partial charge >= 0.3 is 0 Å². The lowest BCUT2D eigenvalue weighted by molar-refractivity contribution is 0.880. The summed E-state index contributed by atoms with van der Waals surface area (Å²) in [6.45, 7) is 2.23. The first-order valence-corrected chi connectivity index (χ1v) is 5.22. The van der Waals surface area contributed by atoms with E-state index in [1.165, 1.54) is 23.8 Å². The molecule has 2 radical (unpaired) electrons. The fourth-order valence-corrected chi connectivity index (χ4v) is 1.95. The Labute approximate surface area is 56.6 Å². The minimum absolute atomic E-state index is 1.14. The largest absolute Gasteiger partial charge is 0.0967 e. The van der Waals surface area contributed by atoms with Crippen LogP contribution >= 0.6 is 15.9 Å². The minimum Gasteiger partial charge on any atom is -0.0967 e. The quantitative estimate of drug-likeness (QED) is 0.353. The summed E-state index contributed by atoms with van der Waals surface area (Å²) in [5.74, 6) is 0. The Hall–Kier alpha value is 0.697. The monoisotopic (exact) mass is 178 g/mol. The summed E-state index contributed by atoms with van der Waals surface area (Å²) >= 11 is 3.39. The zero-order chi connectivity index (χ0) is 5.54. The molecule has 0 aromatic carbocycles. The summed E-state index contributed by atoms with van der Waals surface area (Å²) in [5, 5.41) is 0. The molecule has 0 aromatic heterocycles. The van der Waals surface area contributed by atoms with Crippen LogP contribution in [0.1, 0.15) is 19.8 Å². The average molecular weight is 179 g/mol. The summed E-state index contributed by atoms with van der Waals surface area (Å²) in [4.78, 5) is 1.20. The molecule has 0 aliphatic carbocycles. The van der Waals surface area contributed by atoms with E-state index in [1.54, 1.807) is 0 Å². The van der Waals surface area contributed by atoms with Crippen LogP contribution in [0.25, 0.3) is 0 Å². The first-order chi connectivity index (χ1) is 3.41. The topological polar surface area (TPSA) is 0 Å². The van der Waals surface area contributed by atoms with E-state index in [0.717, 1.165) is 9.52 Å². The molecule has 0 saturated heterocycles. The number of hydrogen-bond donors (Lipinski definition) is 0. The Morgan fingerprint density at radius 2 is 2.29 bits per heavy atom. The molecule has 0 fully saturated rings. The molecule has 0 aromatic rings. The van der Waals surface area contributed by atoms with Gasteiger partial charge in [-0.1, -0.05) is 41.7 Å². The van der Waals surface area contributed by atoms with Crippen LogP contribution in [-0.4, -0.2) is 14.5 Å². The van der Waals surface area contributed by atoms with Gasteiger partial charge in [-0.25, -0.2) is 0 Å². The van der Waals surface area contributed by atoms with E-state index in [0.29, 0.717) is 0 Å². The highest BCUT2D eigenvalue weighted by atomic mass is 79.9. The van der Waals surface area contributed by atoms with Gasteiger partial charge in [0.05, 0.1) is 9.52 Å². The SMILES string of the molecule is CCCC[Si]CBr. The minimum atomic E-state index is 1.14. The molecule has 0 heterocycles. The number of rotatable bonds is 4. The molecule has 7 heavy (non-hydrogen) atoms. The van der Waals surface area contributed by atoms with Crippen molar-refractivity contribution in [1.29, 1.82) is 0 Å². The van der Waals surface area contributed by atoms with Crippen LogP contribution in [-0.2, 0) is 0 Å². The summed E-state index contributed by atoms with van der Waals surface area (Å²) in [5.41, 5.74) is 0. The molecule has 0 amide bonds. The third-order valence-electron chi connectivity index (χ3n) is 0.802. The van der Waals surface area contributed by atoms with Gasteiger partial charge in [-0.15, -0.1) is 0 Å². The van der Waals surface area contributed by atoms with Gasteiger partial charge in [-0.05, 0) is 4.95 Å². The van der Waals surface area contributed by atoms with Crippen LogP contribution in [0, 0.1) is 0 Å². The zero-order valence-corrected chi connectivity index (χ0v) is 7.29. The van der Waals surface area contributed by atoms with E-state index in [9.17, 15) is 0 Å². The Balaban J connectivity index is 2.45. The number of halogens is 1. The second kappa shape index (κ2) is 6.70. The molecular formula is C5H11BrSi. The zero-order valence-electron chi connectivity index (χ0n) is 4.71. The summed E-state index contributed by atoms with van der Waals surface area (Å²) in [6.07, 6.45) is 2.75.